The lowest BCUT2D eigenvalue weighted by Gasteiger charge is -2.32. The standard InChI is InChI=1S/C23H16F3N5O4/c1-35-13-9-7-12(8-10-13)14-4-2-6-16-17(14)28-21-29-20(34)22(31(16)21,23(24,25)26)30-19(33)15-5-3-11-27-18(15)32/h2-11H,1H3,(H,27,32)(H,30,33)(H,28,29,34). The molecule has 1 aliphatic rings. The lowest BCUT2D eigenvalue weighted by Crippen LogP contribution is -2.63. The minimum atomic E-state index is -5.28. The van der Waals surface area contributed by atoms with E-state index in [2.05, 4.69) is 15.3 Å². The number of amides is 2. The predicted octanol–water partition coefficient (Wildman–Crippen LogP) is 3.41. The molecule has 1 unspecified atom stereocenters. The highest BCUT2D eigenvalue weighted by Crippen LogP contribution is 2.45. The van der Waals surface area contributed by atoms with E-state index in [0.29, 0.717) is 21.4 Å². The summed E-state index contributed by atoms with van der Waals surface area (Å²) in [4.78, 5) is 33.3. The number of aromatic hydroxyl groups is 1. The first kappa shape index (κ1) is 22.2. The highest BCUT2D eigenvalue weighted by Gasteiger charge is 2.67. The summed E-state index contributed by atoms with van der Waals surface area (Å²) in [6, 6.07) is 13.8. The van der Waals surface area contributed by atoms with E-state index >= 15 is 0 Å². The Balaban J connectivity index is 1.70. The molecule has 3 N–H and O–H groups in total. The van der Waals surface area contributed by atoms with Crippen LogP contribution in [0.25, 0.3) is 22.2 Å². The number of fused-ring (bicyclic) bond motifs is 3. The number of benzene rings is 2. The molecule has 9 nitrogen and oxygen atoms in total. The number of alkyl halides is 3. The first-order valence-electron chi connectivity index (χ1n) is 10.2. The van der Waals surface area contributed by atoms with E-state index in [1.165, 1.54) is 25.3 Å². The highest BCUT2D eigenvalue weighted by molar-refractivity contribution is 6.08. The number of hydrogen-bond donors (Lipinski definition) is 3. The number of halogens is 3. The molecule has 0 bridgehead atoms. The molecule has 0 saturated heterocycles. The third kappa shape index (κ3) is 3.25. The normalized spacial score (nSPS) is 17.2. The number of rotatable bonds is 4. The zero-order chi connectivity index (χ0) is 25.0. The smallest absolute Gasteiger partial charge is 0.440 e. The van der Waals surface area contributed by atoms with E-state index in [9.17, 15) is 27.9 Å². The Bertz CT molecular complexity index is 1480. The van der Waals surface area contributed by atoms with Crippen molar-refractivity contribution in [2.24, 2.45) is 0 Å². The number of imidazole rings is 1. The minimum absolute atomic E-state index is 0.0419. The first-order chi connectivity index (χ1) is 16.7. The lowest BCUT2D eigenvalue weighted by molar-refractivity contribution is -0.213. The SMILES string of the molecule is COc1ccc(-c2cccc3c2nc2n3C(NC(=O)c3cccnc3O)(C(F)(F)F)C(=O)N2)cc1. The minimum Gasteiger partial charge on any atom is -0.497 e. The fourth-order valence-electron chi connectivity index (χ4n) is 4.06. The predicted molar refractivity (Wildman–Crippen MR) is 118 cm³/mol. The van der Waals surface area contributed by atoms with E-state index in [-0.39, 0.29) is 17.0 Å². The Morgan fingerprint density at radius 2 is 1.89 bits per heavy atom. The van der Waals surface area contributed by atoms with Crippen molar-refractivity contribution in [2.45, 2.75) is 11.8 Å². The quantitative estimate of drug-likeness (QED) is 0.410. The number of hydrogen-bond acceptors (Lipinski definition) is 6. The van der Waals surface area contributed by atoms with Gasteiger partial charge in [0.2, 0.25) is 11.8 Å². The van der Waals surface area contributed by atoms with Crippen molar-refractivity contribution in [1.82, 2.24) is 19.9 Å². The van der Waals surface area contributed by atoms with Crippen LogP contribution in [0.2, 0.25) is 0 Å². The number of para-hydroxylation sites is 1. The van der Waals surface area contributed by atoms with E-state index in [0.717, 1.165) is 12.3 Å². The lowest BCUT2D eigenvalue weighted by atomic mass is 10.0. The van der Waals surface area contributed by atoms with Gasteiger partial charge in [0, 0.05) is 11.8 Å². The van der Waals surface area contributed by atoms with Crippen LogP contribution < -0.4 is 15.4 Å². The van der Waals surface area contributed by atoms with Gasteiger partial charge in [0.1, 0.15) is 11.3 Å². The third-order valence-electron chi connectivity index (χ3n) is 5.71. The average molecular weight is 483 g/mol. The van der Waals surface area contributed by atoms with Gasteiger partial charge >= 0.3 is 6.18 Å². The summed E-state index contributed by atoms with van der Waals surface area (Å²) in [5, 5.41) is 13.8. The Morgan fingerprint density at radius 1 is 1.14 bits per heavy atom. The van der Waals surface area contributed by atoms with Gasteiger partial charge in [-0.1, -0.05) is 24.3 Å². The van der Waals surface area contributed by atoms with Crippen molar-refractivity contribution in [3.8, 4) is 22.8 Å². The highest BCUT2D eigenvalue weighted by atomic mass is 19.4. The maximum absolute atomic E-state index is 14.6. The van der Waals surface area contributed by atoms with Gasteiger partial charge in [-0.05, 0) is 35.9 Å². The van der Waals surface area contributed by atoms with Gasteiger partial charge in [-0.3, -0.25) is 19.5 Å². The van der Waals surface area contributed by atoms with Gasteiger partial charge < -0.3 is 15.2 Å². The topological polar surface area (TPSA) is 118 Å². The zero-order valence-corrected chi connectivity index (χ0v) is 17.9. The van der Waals surface area contributed by atoms with Crippen LogP contribution in [0.5, 0.6) is 11.6 Å². The molecule has 2 amide bonds. The largest absolute Gasteiger partial charge is 0.497 e. The first-order valence-corrected chi connectivity index (χ1v) is 10.2. The number of carbonyl (C=O) groups is 2. The van der Waals surface area contributed by atoms with Crippen molar-refractivity contribution in [2.75, 3.05) is 12.4 Å². The van der Waals surface area contributed by atoms with E-state index in [1.54, 1.807) is 35.6 Å². The number of methoxy groups -OCH3 is 1. The molecule has 3 heterocycles. The molecule has 4 aromatic rings. The van der Waals surface area contributed by atoms with Crippen molar-refractivity contribution in [3.63, 3.8) is 0 Å². The van der Waals surface area contributed by atoms with Crippen LogP contribution in [0.4, 0.5) is 19.1 Å². The molecular weight excluding hydrogens is 467 g/mol. The summed E-state index contributed by atoms with van der Waals surface area (Å²) >= 11 is 0. The molecule has 1 aliphatic heterocycles. The van der Waals surface area contributed by atoms with Gasteiger partial charge in [0.05, 0.1) is 18.1 Å². The van der Waals surface area contributed by atoms with Crippen molar-refractivity contribution in [1.29, 1.82) is 0 Å². The maximum Gasteiger partial charge on any atom is 0.440 e. The monoisotopic (exact) mass is 483 g/mol. The van der Waals surface area contributed by atoms with Gasteiger partial charge in [-0.2, -0.15) is 13.2 Å². The Morgan fingerprint density at radius 3 is 2.54 bits per heavy atom. The van der Waals surface area contributed by atoms with Crippen LogP contribution in [0.1, 0.15) is 10.4 Å². The van der Waals surface area contributed by atoms with E-state index in [1.807, 2.05) is 0 Å². The second-order valence-corrected chi connectivity index (χ2v) is 7.66. The molecule has 0 aliphatic carbocycles. The molecule has 2 aromatic carbocycles. The average Bonchev–Trinajstić information content (AvgIpc) is 3.33. The zero-order valence-electron chi connectivity index (χ0n) is 17.9. The van der Waals surface area contributed by atoms with Crippen LogP contribution >= 0.6 is 0 Å². The third-order valence-corrected chi connectivity index (χ3v) is 5.71. The summed E-state index contributed by atoms with van der Waals surface area (Å²) in [5.74, 6) is -3.46. The number of aromatic nitrogens is 3. The van der Waals surface area contributed by atoms with Crippen LogP contribution in [-0.2, 0) is 10.5 Å². The fraction of sp³-hybridized carbons (Fsp3) is 0.130. The van der Waals surface area contributed by atoms with E-state index < -0.39 is 35.1 Å². The van der Waals surface area contributed by atoms with Gasteiger partial charge in [-0.25, -0.2) is 9.97 Å². The molecule has 12 heteroatoms. The summed E-state index contributed by atoms with van der Waals surface area (Å²) in [5.41, 5.74) is -2.75. The molecule has 0 spiro atoms. The molecule has 0 saturated carbocycles. The van der Waals surface area contributed by atoms with Gasteiger partial charge in [-0.15, -0.1) is 0 Å². The fourth-order valence-corrected chi connectivity index (χ4v) is 4.06. The van der Waals surface area contributed by atoms with Crippen LogP contribution in [0.15, 0.2) is 60.8 Å². The summed E-state index contributed by atoms with van der Waals surface area (Å²) in [7, 11) is 1.51. The number of anilines is 1. The second-order valence-electron chi connectivity index (χ2n) is 7.66. The van der Waals surface area contributed by atoms with Gasteiger partial charge in [0.25, 0.3) is 17.5 Å². The second kappa shape index (κ2) is 7.72. The number of nitrogens with zero attached hydrogens (tertiary/aromatic N) is 3. The molecule has 178 valence electrons. The molecule has 2 aromatic heterocycles. The Hall–Kier alpha value is -4.61. The molecule has 5 rings (SSSR count). The molecule has 0 radical (unpaired) electrons. The van der Waals surface area contributed by atoms with Crippen LogP contribution in [-0.4, -0.2) is 44.7 Å². The molecule has 1 atom stereocenters. The van der Waals surface area contributed by atoms with Crippen LogP contribution in [0, 0.1) is 0 Å². The summed E-state index contributed by atoms with van der Waals surface area (Å²) in [6.45, 7) is 0. The Kier molecular flexibility index (Phi) is 4.90. The van der Waals surface area contributed by atoms with Gasteiger partial charge in [0.15, 0.2) is 0 Å². The molecular formula is C23H16F3N5O4. The molecule has 0 fully saturated rings. The number of nitrogens with one attached hydrogen (secondary N) is 2. The number of carbonyl (C=O) groups excluding carboxylic acids is 2. The van der Waals surface area contributed by atoms with Crippen molar-refractivity contribution >= 4 is 28.8 Å². The summed E-state index contributed by atoms with van der Waals surface area (Å²) in [6.07, 6.45) is -4.12. The number of pyridine rings is 1. The molecule has 35 heavy (non-hydrogen) atoms. The van der Waals surface area contributed by atoms with Crippen molar-refractivity contribution < 1.29 is 32.6 Å². The number of ether oxygens (including phenoxy) is 1. The van der Waals surface area contributed by atoms with Crippen molar-refractivity contribution in [3.05, 3.63) is 66.4 Å². The van der Waals surface area contributed by atoms with Crippen LogP contribution in [0.3, 0.4) is 0 Å². The maximum atomic E-state index is 14.6. The summed E-state index contributed by atoms with van der Waals surface area (Å²) < 4.78 is 49.6. The Labute approximate surface area is 195 Å². The van der Waals surface area contributed by atoms with E-state index in [4.69, 9.17) is 4.74 Å².